The Morgan fingerprint density at radius 2 is 1.79 bits per heavy atom. The van der Waals surface area contributed by atoms with Gasteiger partial charge in [-0.15, -0.1) is 0 Å². The molecule has 0 radical (unpaired) electrons. The van der Waals surface area contributed by atoms with Crippen LogP contribution in [0.4, 0.5) is 11.6 Å². The maximum Gasteiger partial charge on any atom is 0.260 e. The van der Waals surface area contributed by atoms with E-state index in [1.807, 2.05) is 6.07 Å². The normalized spacial score (nSPS) is 17.2. The van der Waals surface area contributed by atoms with Gasteiger partial charge in [0.25, 0.3) is 11.8 Å². The molecule has 2 aliphatic rings. The molecule has 3 amide bonds. The first kappa shape index (κ1) is 16.2. The number of anilines is 2. The van der Waals surface area contributed by atoms with E-state index in [9.17, 15) is 14.4 Å². The molecule has 1 aromatic heterocycles. The Morgan fingerprint density at radius 1 is 1.04 bits per heavy atom. The van der Waals surface area contributed by atoms with E-state index in [1.165, 1.54) is 11.2 Å². The van der Waals surface area contributed by atoms with Gasteiger partial charge in [-0.05, 0) is 18.2 Å². The molecule has 1 atom stereocenters. The Kier molecular flexibility index (Phi) is 3.48. The van der Waals surface area contributed by atoms with Crippen LogP contribution >= 0.6 is 0 Å². The van der Waals surface area contributed by atoms with Crippen molar-refractivity contribution in [1.29, 1.82) is 0 Å². The van der Waals surface area contributed by atoms with Crippen molar-refractivity contribution in [1.82, 2.24) is 20.1 Å². The largest absolute Gasteiger partial charge is 0.304 e. The Morgan fingerprint density at radius 3 is 2.57 bits per heavy atom. The zero-order chi connectivity index (χ0) is 19.3. The molecule has 2 aliphatic heterocycles. The summed E-state index contributed by atoms with van der Waals surface area (Å²) in [6.07, 6.45) is 0.595. The second-order valence-corrected chi connectivity index (χ2v) is 6.47. The maximum absolute atomic E-state index is 13.2. The molecule has 0 saturated heterocycles. The third-order valence-corrected chi connectivity index (χ3v) is 4.87. The number of fused-ring (bicyclic) bond motifs is 5. The van der Waals surface area contributed by atoms with Crippen molar-refractivity contribution >= 4 is 29.4 Å². The van der Waals surface area contributed by atoms with Gasteiger partial charge in [0.1, 0.15) is 19.0 Å². The second-order valence-electron chi connectivity index (χ2n) is 6.47. The number of carbonyl (C=O) groups is 3. The van der Waals surface area contributed by atoms with Gasteiger partial charge in [-0.2, -0.15) is 10.1 Å². The van der Waals surface area contributed by atoms with Crippen LogP contribution < -0.4 is 10.2 Å². The van der Waals surface area contributed by atoms with Crippen LogP contribution in [-0.4, -0.2) is 44.3 Å². The number of para-hydroxylation sites is 1. The zero-order valence-electron chi connectivity index (χ0n) is 14.5. The van der Waals surface area contributed by atoms with Gasteiger partial charge in [0.2, 0.25) is 11.9 Å². The average Bonchev–Trinajstić information content (AvgIpc) is 3.32. The Labute approximate surface area is 159 Å². The molecule has 3 aromatic rings. The summed E-state index contributed by atoms with van der Waals surface area (Å²) in [5.74, 6) is -0.758. The minimum Gasteiger partial charge on any atom is -0.304 e. The molecule has 0 unspecified atom stereocenters. The Hall–Kier alpha value is -4.01. The average molecular weight is 374 g/mol. The SMILES string of the molecule is O=C(CN1C(=O)c2ccccc2N2C(=O)c3ccccc3[C@@H]12)Nc1ncn[nH]1. The van der Waals surface area contributed by atoms with Crippen molar-refractivity contribution in [2.45, 2.75) is 6.17 Å². The van der Waals surface area contributed by atoms with Gasteiger partial charge in [0, 0.05) is 11.1 Å². The van der Waals surface area contributed by atoms with Gasteiger partial charge < -0.3 is 4.90 Å². The number of rotatable bonds is 3. The van der Waals surface area contributed by atoms with E-state index in [1.54, 1.807) is 47.4 Å². The van der Waals surface area contributed by atoms with Gasteiger partial charge in [0.15, 0.2) is 0 Å². The predicted octanol–water partition coefficient (Wildman–Crippen LogP) is 1.56. The molecule has 2 aromatic carbocycles. The third kappa shape index (κ3) is 2.29. The summed E-state index contributed by atoms with van der Waals surface area (Å²) in [7, 11) is 0. The first-order valence-electron chi connectivity index (χ1n) is 8.63. The molecule has 9 heteroatoms. The molecule has 9 nitrogen and oxygen atoms in total. The van der Waals surface area contributed by atoms with Crippen LogP contribution in [0.15, 0.2) is 54.9 Å². The molecule has 0 spiro atoms. The maximum atomic E-state index is 13.2. The number of hydrogen-bond acceptors (Lipinski definition) is 5. The topological polar surface area (TPSA) is 111 Å². The van der Waals surface area contributed by atoms with Gasteiger partial charge in [-0.1, -0.05) is 30.3 Å². The van der Waals surface area contributed by atoms with E-state index < -0.39 is 12.1 Å². The fraction of sp³-hybridized carbons (Fsp3) is 0.105. The lowest BCUT2D eigenvalue weighted by Crippen LogP contribution is -2.50. The molecule has 0 aliphatic carbocycles. The number of hydrogen-bond donors (Lipinski definition) is 2. The van der Waals surface area contributed by atoms with Crippen molar-refractivity contribution in [2.24, 2.45) is 0 Å². The summed E-state index contributed by atoms with van der Waals surface area (Å²) in [6.45, 7) is -0.239. The highest BCUT2D eigenvalue weighted by Crippen LogP contribution is 2.44. The number of nitrogens with zero attached hydrogens (tertiary/aromatic N) is 4. The van der Waals surface area contributed by atoms with Crippen molar-refractivity contribution < 1.29 is 14.4 Å². The molecule has 0 bridgehead atoms. The highest BCUT2D eigenvalue weighted by Gasteiger charge is 2.48. The summed E-state index contributed by atoms with van der Waals surface area (Å²) < 4.78 is 0. The number of benzene rings is 2. The molecule has 3 heterocycles. The van der Waals surface area contributed by atoms with Crippen LogP contribution in [0, 0.1) is 0 Å². The van der Waals surface area contributed by atoms with Crippen molar-refractivity contribution in [2.75, 3.05) is 16.8 Å². The lowest BCUT2D eigenvalue weighted by atomic mass is 10.0. The fourth-order valence-electron chi connectivity index (χ4n) is 3.73. The Balaban J connectivity index is 1.57. The summed E-state index contributed by atoms with van der Waals surface area (Å²) in [4.78, 5) is 45.6. The summed E-state index contributed by atoms with van der Waals surface area (Å²) in [5, 5.41) is 8.78. The molecule has 0 fully saturated rings. The zero-order valence-corrected chi connectivity index (χ0v) is 14.5. The lowest BCUT2D eigenvalue weighted by molar-refractivity contribution is -0.117. The quantitative estimate of drug-likeness (QED) is 0.723. The minimum absolute atomic E-state index is 0.189. The standard InChI is InChI=1S/C19H14N6O3/c26-15(22-19-20-10-21-23-19)9-24-16-11-5-1-2-6-12(11)18(28)25(16)14-8-4-3-7-13(14)17(24)27/h1-8,10,16H,9H2,(H2,20,21,22,23,26)/t16-/m0/s1. The molecule has 138 valence electrons. The van der Waals surface area contributed by atoms with Crippen LogP contribution in [0.1, 0.15) is 32.4 Å². The number of aromatic amines is 1. The van der Waals surface area contributed by atoms with Crippen LogP contribution in [0.5, 0.6) is 0 Å². The van der Waals surface area contributed by atoms with E-state index in [4.69, 9.17) is 0 Å². The molecule has 28 heavy (non-hydrogen) atoms. The van der Waals surface area contributed by atoms with Crippen LogP contribution in [0.2, 0.25) is 0 Å². The monoisotopic (exact) mass is 374 g/mol. The van der Waals surface area contributed by atoms with Crippen molar-refractivity contribution in [3.8, 4) is 0 Å². The third-order valence-electron chi connectivity index (χ3n) is 4.87. The first-order chi connectivity index (χ1) is 13.6. The van der Waals surface area contributed by atoms with Gasteiger partial charge in [-0.3, -0.25) is 24.6 Å². The lowest BCUT2D eigenvalue weighted by Gasteiger charge is -2.40. The van der Waals surface area contributed by atoms with Crippen LogP contribution in [0.3, 0.4) is 0 Å². The molecule has 5 rings (SSSR count). The predicted molar refractivity (Wildman–Crippen MR) is 98.5 cm³/mol. The van der Waals surface area contributed by atoms with Crippen LogP contribution in [-0.2, 0) is 4.79 Å². The van der Waals surface area contributed by atoms with E-state index in [0.29, 0.717) is 22.4 Å². The second kappa shape index (κ2) is 6.02. The van der Waals surface area contributed by atoms with E-state index in [-0.39, 0.29) is 24.3 Å². The number of aromatic nitrogens is 3. The number of carbonyl (C=O) groups excluding carboxylic acids is 3. The summed E-state index contributed by atoms with van der Waals surface area (Å²) in [5.41, 5.74) is 2.15. The van der Waals surface area contributed by atoms with E-state index >= 15 is 0 Å². The molecular formula is C19H14N6O3. The first-order valence-corrected chi connectivity index (χ1v) is 8.63. The highest BCUT2D eigenvalue weighted by atomic mass is 16.2. The molecule has 2 N–H and O–H groups in total. The number of H-pyrrole nitrogens is 1. The van der Waals surface area contributed by atoms with Crippen LogP contribution in [0.25, 0.3) is 0 Å². The van der Waals surface area contributed by atoms with E-state index in [2.05, 4.69) is 20.5 Å². The van der Waals surface area contributed by atoms with Gasteiger partial charge in [-0.25, -0.2) is 5.10 Å². The highest BCUT2D eigenvalue weighted by molar-refractivity contribution is 6.17. The van der Waals surface area contributed by atoms with Crippen molar-refractivity contribution in [3.63, 3.8) is 0 Å². The minimum atomic E-state index is -0.674. The van der Waals surface area contributed by atoms with Gasteiger partial charge >= 0.3 is 0 Å². The summed E-state index contributed by atoms with van der Waals surface area (Å²) in [6, 6.07) is 14.1. The fourth-order valence-corrected chi connectivity index (χ4v) is 3.73. The van der Waals surface area contributed by atoms with E-state index in [0.717, 1.165) is 0 Å². The van der Waals surface area contributed by atoms with Gasteiger partial charge in [0.05, 0.1) is 11.3 Å². The number of nitrogens with one attached hydrogen (secondary N) is 2. The molecule has 0 saturated carbocycles. The summed E-state index contributed by atoms with van der Waals surface area (Å²) >= 11 is 0. The number of amides is 3. The smallest absolute Gasteiger partial charge is 0.260 e. The van der Waals surface area contributed by atoms with Crippen molar-refractivity contribution in [3.05, 3.63) is 71.5 Å². The Bertz CT molecular complexity index is 1110. The molecular weight excluding hydrogens is 360 g/mol.